The van der Waals surface area contributed by atoms with Crippen LogP contribution in [0.25, 0.3) is 11.5 Å². The van der Waals surface area contributed by atoms with Gasteiger partial charge in [-0.05, 0) is 13.8 Å². The SMILES string of the molecule is CC([NH-])=O.CC([NH-])=O.[Cl][Ti]([Cl])[Cl]. The van der Waals surface area contributed by atoms with E-state index >= 15 is 0 Å². The summed E-state index contributed by atoms with van der Waals surface area (Å²) in [6.45, 7) is 2.39. The molecule has 8 heteroatoms. The zero-order chi connectivity index (χ0) is 10.7. The van der Waals surface area contributed by atoms with Crippen molar-refractivity contribution in [1.29, 1.82) is 0 Å². The van der Waals surface area contributed by atoms with Crippen LogP contribution in [-0.2, 0) is 24.3 Å². The molecule has 0 saturated carbocycles. The molecule has 0 aliphatic carbocycles. The summed E-state index contributed by atoms with van der Waals surface area (Å²) in [4.78, 5) is 18.2. The fourth-order valence-corrected chi connectivity index (χ4v) is 0. The molecule has 0 radical (unpaired) electrons. The maximum absolute atomic E-state index is 9.11. The summed E-state index contributed by atoms with van der Waals surface area (Å²) in [7, 11) is 14.9. The van der Waals surface area contributed by atoms with Crippen molar-refractivity contribution in [3.8, 4) is 0 Å². The van der Waals surface area contributed by atoms with Crippen molar-refractivity contribution in [3.63, 3.8) is 0 Å². The van der Waals surface area contributed by atoms with E-state index < -0.39 is 26.5 Å². The third-order valence-corrected chi connectivity index (χ3v) is 0. The molecule has 73 valence electrons. The molecule has 2 amide bonds. The van der Waals surface area contributed by atoms with Gasteiger partial charge in [-0.15, -0.1) is 0 Å². The van der Waals surface area contributed by atoms with Gasteiger partial charge < -0.3 is 21.1 Å². The number of halogens is 3. The monoisotopic (exact) mass is 269 g/mol. The fourth-order valence-electron chi connectivity index (χ4n) is 0. The molecule has 0 bridgehead atoms. The summed E-state index contributed by atoms with van der Waals surface area (Å²) in [6, 6.07) is 0. The van der Waals surface area contributed by atoms with Gasteiger partial charge in [-0.3, -0.25) is 0 Å². The molecule has 0 aromatic rings. The Balaban J connectivity index is -0.000000101. The molecule has 0 fully saturated rings. The normalized spacial score (nSPS) is 6.42. The van der Waals surface area contributed by atoms with Gasteiger partial charge in [-0.25, -0.2) is 0 Å². The molecule has 0 aliphatic heterocycles. The third kappa shape index (κ3) is 3470. The molecular weight excluding hydrogens is 262 g/mol. The Hall–Kier alpha value is 0.524. The zero-order valence-corrected chi connectivity index (χ0v) is 10.3. The van der Waals surface area contributed by atoms with Gasteiger partial charge in [-0.1, -0.05) is 0 Å². The Morgan fingerprint density at radius 1 is 1.00 bits per heavy atom. The molecule has 0 unspecified atom stereocenters. The van der Waals surface area contributed by atoms with Crippen molar-refractivity contribution in [1.82, 2.24) is 0 Å². The molecule has 0 atom stereocenters. The van der Waals surface area contributed by atoms with Crippen LogP contribution in [0.1, 0.15) is 13.8 Å². The van der Waals surface area contributed by atoms with Crippen molar-refractivity contribution in [2.24, 2.45) is 0 Å². The van der Waals surface area contributed by atoms with Crippen LogP contribution in [0.5, 0.6) is 0 Å². The Labute approximate surface area is 89.0 Å². The van der Waals surface area contributed by atoms with Gasteiger partial charge in [0, 0.05) is 11.8 Å². The van der Waals surface area contributed by atoms with E-state index in [0.717, 1.165) is 0 Å². The Morgan fingerprint density at radius 2 is 1.00 bits per heavy atom. The average molecular weight is 270 g/mol. The Morgan fingerprint density at radius 3 is 1.00 bits per heavy atom. The summed E-state index contributed by atoms with van der Waals surface area (Å²) in [5.41, 5.74) is 11.9. The van der Waals surface area contributed by atoms with Gasteiger partial charge in [0.25, 0.3) is 0 Å². The van der Waals surface area contributed by atoms with E-state index in [1.165, 1.54) is 13.8 Å². The third-order valence-electron chi connectivity index (χ3n) is 0. The predicted molar refractivity (Wildman–Crippen MR) is 47.6 cm³/mol. The summed E-state index contributed by atoms with van der Waals surface area (Å²) >= 11 is -1.92. The van der Waals surface area contributed by atoms with E-state index in [1.54, 1.807) is 0 Å². The van der Waals surface area contributed by atoms with Crippen LogP contribution in [0.4, 0.5) is 0 Å². The first-order valence-electron chi connectivity index (χ1n) is 2.48. The number of hydrogen-bond acceptors (Lipinski definition) is 2. The van der Waals surface area contributed by atoms with Crippen LogP contribution in [-0.4, -0.2) is 11.8 Å². The summed E-state index contributed by atoms with van der Waals surface area (Å²) in [5, 5.41) is 0. The van der Waals surface area contributed by atoms with Crippen molar-refractivity contribution in [3.05, 3.63) is 11.5 Å². The number of amides is 2. The molecule has 0 rings (SSSR count). The average Bonchev–Trinajstić information content (AvgIpc) is 1.54. The van der Waals surface area contributed by atoms with Gasteiger partial charge in [0.05, 0.1) is 0 Å². The molecule has 0 aromatic heterocycles. The number of carbonyl (C=O) groups excluding carboxylic acids is 2. The second-order valence-electron chi connectivity index (χ2n) is 1.33. The Bertz CT molecular complexity index is 111. The summed E-state index contributed by atoms with van der Waals surface area (Å²) < 4.78 is 0. The number of rotatable bonds is 0. The van der Waals surface area contributed by atoms with Crippen molar-refractivity contribution in [2.45, 2.75) is 13.8 Å². The molecule has 0 heterocycles. The van der Waals surface area contributed by atoms with E-state index in [1.807, 2.05) is 0 Å². The van der Waals surface area contributed by atoms with Crippen LogP contribution in [0, 0.1) is 0 Å². The van der Waals surface area contributed by atoms with Crippen LogP contribution >= 0.6 is 27.9 Å². The molecule has 2 N–H and O–H groups in total. The first kappa shape index (κ1) is 18.3. The predicted octanol–water partition coefficient (Wildman–Crippen LogP) is 3.24. The van der Waals surface area contributed by atoms with E-state index in [-0.39, 0.29) is 0 Å². The number of hydrogen-bond donors (Lipinski definition) is 0. The topological polar surface area (TPSA) is 81.7 Å². The summed E-state index contributed by atoms with van der Waals surface area (Å²) in [6.07, 6.45) is 0. The van der Waals surface area contributed by atoms with Gasteiger partial charge in [0.1, 0.15) is 0 Å². The van der Waals surface area contributed by atoms with Gasteiger partial charge >= 0.3 is 42.6 Å². The molecule has 4 nitrogen and oxygen atoms in total. The fraction of sp³-hybridized carbons (Fsp3) is 0.500. The van der Waals surface area contributed by atoms with Crippen molar-refractivity contribution < 1.29 is 24.3 Å². The summed E-state index contributed by atoms with van der Waals surface area (Å²) in [5.74, 6) is -1.17. The van der Waals surface area contributed by atoms with E-state index in [4.69, 9.17) is 49.0 Å². The van der Waals surface area contributed by atoms with Crippen LogP contribution in [0.3, 0.4) is 0 Å². The molecular formula is C4H8Cl3N2O2Ti-2. The van der Waals surface area contributed by atoms with Crippen LogP contribution < -0.4 is 0 Å². The number of nitrogens with one attached hydrogen (secondary N) is 2. The second-order valence-corrected chi connectivity index (χ2v) is 9.06. The van der Waals surface area contributed by atoms with Crippen molar-refractivity contribution >= 4 is 39.7 Å². The quantitative estimate of drug-likeness (QED) is 0.633. The first-order valence-corrected chi connectivity index (χ1v) is 8.92. The second kappa shape index (κ2) is 14.1. The molecule has 0 saturated heterocycles. The molecule has 0 spiro atoms. The van der Waals surface area contributed by atoms with Crippen LogP contribution in [0.2, 0.25) is 0 Å². The van der Waals surface area contributed by atoms with Crippen LogP contribution in [0.15, 0.2) is 0 Å². The molecule has 12 heavy (non-hydrogen) atoms. The standard InChI is InChI=1S/2C2H5NO.3ClH.Ti/c2*1-2(3)4;;;;/h2*1H3,(H2,3,4);3*1H;/q;;;;;+3/p-5. The minimum atomic E-state index is -1.92. The van der Waals surface area contributed by atoms with Gasteiger partial charge in [0.2, 0.25) is 0 Å². The van der Waals surface area contributed by atoms with E-state index in [0.29, 0.717) is 0 Å². The van der Waals surface area contributed by atoms with Crippen molar-refractivity contribution in [2.75, 3.05) is 0 Å². The maximum atomic E-state index is 9.11. The number of carbonyl (C=O) groups is 2. The molecule has 0 aromatic carbocycles. The zero-order valence-electron chi connectivity index (χ0n) is 6.45. The minimum absolute atomic E-state index is 0.583. The van der Waals surface area contributed by atoms with Gasteiger partial charge in [0.15, 0.2) is 0 Å². The van der Waals surface area contributed by atoms with E-state index in [2.05, 4.69) is 0 Å². The molecule has 0 aliphatic rings. The van der Waals surface area contributed by atoms with Gasteiger partial charge in [-0.2, -0.15) is 0 Å². The van der Waals surface area contributed by atoms with E-state index in [9.17, 15) is 0 Å². The Kier molecular flexibility index (Phi) is 21.5. The first-order chi connectivity index (χ1) is 5.20.